The van der Waals surface area contributed by atoms with Crippen molar-refractivity contribution in [3.05, 3.63) is 0 Å². The first-order valence-electron chi connectivity index (χ1n) is 7.08. The maximum Gasteiger partial charge on any atom is 0.240 e. The summed E-state index contributed by atoms with van der Waals surface area (Å²) >= 11 is 0. The first kappa shape index (κ1) is 12.9. The predicted octanol–water partition coefficient (Wildman–Crippen LogP) is 2.37. The molecule has 2 aliphatic rings. The molecule has 2 rings (SSSR count). The minimum absolute atomic E-state index is 0.0763. The zero-order valence-electron chi connectivity index (χ0n) is 11.5. The molecule has 1 unspecified atom stereocenters. The zero-order chi connectivity index (χ0) is 12.5. The fourth-order valence-corrected chi connectivity index (χ4v) is 2.99. The van der Waals surface area contributed by atoms with E-state index < -0.39 is 0 Å². The Balaban J connectivity index is 1.85. The summed E-state index contributed by atoms with van der Waals surface area (Å²) in [7, 11) is 0. The Bertz CT molecular complexity index is 284. The minimum atomic E-state index is 0.0763. The van der Waals surface area contributed by atoms with E-state index >= 15 is 0 Å². The third-order valence-corrected chi connectivity index (χ3v) is 4.11. The molecule has 17 heavy (non-hydrogen) atoms. The summed E-state index contributed by atoms with van der Waals surface area (Å²) in [5, 5.41) is 3.36. The predicted molar refractivity (Wildman–Crippen MR) is 69.5 cm³/mol. The Hall–Kier alpha value is -0.570. The second-order valence-corrected chi connectivity index (χ2v) is 6.33. The van der Waals surface area contributed by atoms with Crippen LogP contribution in [-0.4, -0.2) is 30.1 Å². The van der Waals surface area contributed by atoms with Crippen molar-refractivity contribution in [1.29, 1.82) is 0 Å². The van der Waals surface area contributed by atoms with E-state index in [-0.39, 0.29) is 6.04 Å². The van der Waals surface area contributed by atoms with Gasteiger partial charge in [-0.15, -0.1) is 0 Å². The van der Waals surface area contributed by atoms with Gasteiger partial charge in [-0.3, -0.25) is 10.1 Å². The Morgan fingerprint density at radius 1 is 1.47 bits per heavy atom. The second kappa shape index (κ2) is 4.97. The van der Waals surface area contributed by atoms with Crippen molar-refractivity contribution in [1.82, 2.24) is 10.2 Å². The highest BCUT2D eigenvalue weighted by Crippen LogP contribution is 2.50. The lowest BCUT2D eigenvalue weighted by Gasteiger charge is -2.22. The second-order valence-electron chi connectivity index (χ2n) is 6.33. The summed E-state index contributed by atoms with van der Waals surface area (Å²) in [6.07, 6.45) is 6.13. The van der Waals surface area contributed by atoms with Gasteiger partial charge in [0.15, 0.2) is 0 Å². The van der Waals surface area contributed by atoms with Crippen LogP contribution in [0.5, 0.6) is 0 Å². The van der Waals surface area contributed by atoms with Gasteiger partial charge in [0.25, 0.3) is 0 Å². The number of carbonyl (C=O) groups is 1. The van der Waals surface area contributed by atoms with Crippen LogP contribution in [-0.2, 0) is 4.79 Å². The third-order valence-electron chi connectivity index (χ3n) is 4.11. The van der Waals surface area contributed by atoms with Gasteiger partial charge in [-0.25, -0.2) is 0 Å². The molecule has 2 fully saturated rings. The summed E-state index contributed by atoms with van der Waals surface area (Å²) in [5.41, 5.74) is 0.485. The molecule has 3 nitrogen and oxygen atoms in total. The quantitative estimate of drug-likeness (QED) is 0.770. The topological polar surface area (TPSA) is 32.3 Å². The van der Waals surface area contributed by atoms with Gasteiger partial charge in [0.2, 0.25) is 5.91 Å². The Kier molecular flexibility index (Phi) is 3.76. The van der Waals surface area contributed by atoms with E-state index in [2.05, 4.69) is 31.0 Å². The zero-order valence-corrected chi connectivity index (χ0v) is 11.5. The molecule has 0 aromatic heterocycles. The summed E-state index contributed by atoms with van der Waals surface area (Å²) < 4.78 is 0. The summed E-state index contributed by atoms with van der Waals surface area (Å²) in [5.74, 6) is 0.919. The van der Waals surface area contributed by atoms with Gasteiger partial charge in [-0.1, -0.05) is 27.2 Å². The van der Waals surface area contributed by atoms with Crippen molar-refractivity contribution >= 4 is 5.91 Å². The highest BCUT2D eigenvalue weighted by atomic mass is 16.2. The van der Waals surface area contributed by atoms with Gasteiger partial charge in [-0.05, 0) is 37.0 Å². The number of hydrogen-bond donors (Lipinski definition) is 1. The molecule has 1 atom stereocenters. The van der Waals surface area contributed by atoms with Crippen LogP contribution in [0, 0.1) is 11.3 Å². The smallest absolute Gasteiger partial charge is 0.240 e. The molecular formula is C14H26N2O. The van der Waals surface area contributed by atoms with E-state index in [1.807, 2.05) is 0 Å². The molecular weight excluding hydrogens is 212 g/mol. The molecule has 1 aliphatic heterocycles. The van der Waals surface area contributed by atoms with Gasteiger partial charge >= 0.3 is 0 Å². The lowest BCUT2D eigenvalue weighted by molar-refractivity contribution is -0.130. The number of nitrogens with one attached hydrogen (secondary N) is 1. The largest absolute Gasteiger partial charge is 0.328 e. The maximum absolute atomic E-state index is 12.2. The van der Waals surface area contributed by atoms with Crippen LogP contribution in [0.4, 0.5) is 0 Å². The highest BCUT2D eigenvalue weighted by Gasteiger charge is 2.45. The molecule has 1 amide bonds. The molecule has 0 radical (unpaired) electrons. The van der Waals surface area contributed by atoms with Crippen molar-refractivity contribution in [3.8, 4) is 0 Å². The average molecular weight is 238 g/mol. The van der Waals surface area contributed by atoms with E-state index in [9.17, 15) is 4.79 Å². The Labute approximate surface area is 105 Å². The number of carbonyl (C=O) groups excluding carboxylic acids is 1. The number of nitrogens with zero attached hydrogens (tertiary/aromatic N) is 1. The van der Waals surface area contributed by atoms with Crippen LogP contribution in [0.15, 0.2) is 0 Å². The van der Waals surface area contributed by atoms with E-state index in [0.717, 1.165) is 19.6 Å². The monoisotopic (exact) mass is 238 g/mol. The van der Waals surface area contributed by atoms with Crippen molar-refractivity contribution in [2.45, 2.75) is 58.9 Å². The standard InChI is InChI=1S/C14H26N2O/c1-4-5-14(6-7-14)9-16-10-15-12(13(16)17)8-11(2)3/h11-12,15H,4-10H2,1-3H3. The van der Waals surface area contributed by atoms with Gasteiger partial charge in [-0.2, -0.15) is 0 Å². The van der Waals surface area contributed by atoms with Crippen LogP contribution in [0.3, 0.4) is 0 Å². The van der Waals surface area contributed by atoms with Gasteiger partial charge in [0.1, 0.15) is 0 Å². The lowest BCUT2D eigenvalue weighted by atomic mass is 9.99. The summed E-state index contributed by atoms with van der Waals surface area (Å²) in [4.78, 5) is 14.3. The molecule has 0 bridgehead atoms. The molecule has 1 N–H and O–H groups in total. The van der Waals surface area contributed by atoms with Crippen molar-refractivity contribution in [3.63, 3.8) is 0 Å². The molecule has 3 heteroatoms. The molecule has 1 heterocycles. The lowest BCUT2D eigenvalue weighted by Crippen LogP contribution is -2.35. The third kappa shape index (κ3) is 3.01. The van der Waals surface area contributed by atoms with E-state index in [1.165, 1.54) is 25.7 Å². The Morgan fingerprint density at radius 3 is 2.71 bits per heavy atom. The van der Waals surface area contributed by atoms with Crippen molar-refractivity contribution in [2.24, 2.45) is 11.3 Å². The summed E-state index contributed by atoms with van der Waals surface area (Å²) in [6.45, 7) is 8.35. The van der Waals surface area contributed by atoms with Crippen LogP contribution < -0.4 is 5.32 Å². The fourth-order valence-electron chi connectivity index (χ4n) is 2.99. The van der Waals surface area contributed by atoms with E-state index in [1.54, 1.807) is 0 Å². The van der Waals surface area contributed by atoms with Crippen molar-refractivity contribution in [2.75, 3.05) is 13.2 Å². The summed E-state index contributed by atoms with van der Waals surface area (Å²) in [6, 6.07) is 0.0763. The molecule has 1 saturated heterocycles. The first-order chi connectivity index (χ1) is 8.06. The SMILES string of the molecule is CCCC1(CN2CNC(CC(C)C)C2=O)CC1. The Morgan fingerprint density at radius 2 is 2.18 bits per heavy atom. The van der Waals surface area contributed by atoms with Gasteiger partial charge < -0.3 is 4.90 Å². The van der Waals surface area contributed by atoms with Crippen LogP contribution in [0.2, 0.25) is 0 Å². The van der Waals surface area contributed by atoms with Gasteiger partial charge in [0.05, 0.1) is 12.7 Å². The highest BCUT2D eigenvalue weighted by molar-refractivity contribution is 5.83. The number of hydrogen-bond acceptors (Lipinski definition) is 2. The minimum Gasteiger partial charge on any atom is -0.328 e. The number of rotatable bonds is 6. The first-order valence-corrected chi connectivity index (χ1v) is 7.08. The van der Waals surface area contributed by atoms with Gasteiger partial charge in [0, 0.05) is 6.54 Å². The molecule has 98 valence electrons. The maximum atomic E-state index is 12.2. The molecule has 1 aliphatic carbocycles. The van der Waals surface area contributed by atoms with Crippen LogP contribution in [0.25, 0.3) is 0 Å². The number of amides is 1. The normalized spacial score (nSPS) is 26.9. The van der Waals surface area contributed by atoms with Crippen LogP contribution >= 0.6 is 0 Å². The van der Waals surface area contributed by atoms with E-state index in [4.69, 9.17) is 0 Å². The molecule has 1 saturated carbocycles. The molecule has 0 aromatic rings. The average Bonchev–Trinajstić information content (AvgIpc) is 2.93. The molecule has 0 aromatic carbocycles. The molecule has 0 spiro atoms. The van der Waals surface area contributed by atoms with Crippen molar-refractivity contribution < 1.29 is 4.79 Å². The fraction of sp³-hybridized carbons (Fsp3) is 0.929. The van der Waals surface area contributed by atoms with Crippen LogP contribution in [0.1, 0.15) is 52.9 Å². The van der Waals surface area contributed by atoms with E-state index in [0.29, 0.717) is 17.2 Å².